The van der Waals surface area contributed by atoms with E-state index in [0.717, 1.165) is 0 Å². The van der Waals surface area contributed by atoms with Crippen LogP contribution in [0.5, 0.6) is 0 Å². The Bertz CT molecular complexity index is 1010. The molecule has 0 aromatic heterocycles. The molecule has 4 rings (SSSR count). The van der Waals surface area contributed by atoms with Gasteiger partial charge in [-0.15, -0.1) is 0 Å². The number of hydrogen-bond donors (Lipinski definition) is 0. The number of benzene rings is 4. The highest BCUT2D eigenvalue weighted by molar-refractivity contribution is 5.66. The highest BCUT2D eigenvalue weighted by atomic mass is 14.3. The van der Waals surface area contributed by atoms with Crippen LogP contribution in [0.4, 0.5) is 0 Å². The molecule has 27 heavy (non-hydrogen) atoms. The molecule has 0 aliphatic rings. The molecule has 4 aromatic carbocycles. The molecule has 0 heterocycles. The van der Waals surface area contributed by atoms with Crippen LogP contribution in [-0.4, -0.2) is 0 Å². The summed E-state index contributed by atoms with van der Waals surface area (Å²) in [5, 5.41) is 0. The van der Waals surface area contributed by atoms with E-state index in [1.165, 1.54) is 33.4 Å². The van der Waals surface area contributed by atoms with E-state index < -0.39 is 0 Å². The van der Waals surface area contributed by atoms with Crippen molar-refractivity contribution in [2.75, 3.05) is 0 Å². The first-order chi connectivity index (χ1) is 13.1. The average Bonchev–Trinajstić information content (AvgIpc) is 2.75. The van der Waals surface area contributed by atoms with Crippen LogP contribution in [0.15, 0.2) is 109 Å². The van der Waals surface area contributed by atoms with Crippen molar-refractivity contribution in [3.8, 4) is 22.3 Å². The molecule has 0 bridgehead atoms. The van der Waals surface area contributed by atoms with Crippen LogP contribution < -0.4 is 0 Å². The molecule has 0 aliphatic heterocycles. The second-order valence-electron chi connectivity index (χ2n) is 7.52. The lowest BCUT2D eigenvalue weighted by atomic mass is 9.77. The summed E-state index contributed by atoms with van der Waals surface area (Å²) in [6.45, 7) is 4.60. The molecule has 0 atom stereocenters. The van der Waals surface area contributed by atoms with Gasteiger partial charge in [0.2, 0.25) is 0 Å². The fourth-order valence-electron chi connectivity index (χ4n) is 3.59. The van der Waals surface area contributed by atoms with E-state index in [2.05, 4.69) is 123 Å². The molecule has 0 aliphatic carbocycles. The summed E-state index contributed by atoms with van der Waals surface area (Å²) in [5.41, 5.74) is 7.64. The Morgan fingerprint density at radius 1 is 0.407 bits per heavy atom. The van der Waals surface area contributed by atoms with E-state index in [-0.39, 0.29) is 5.41 Å². The standard InChI is InChI=1S/C27H24/c1-27(2,25-18-16-23(17-19-25)21-10-5-3-6-11-21)26-15-9-14-24(20-26)22-12-7-4-8-13-22/h3-20H,1-2H3. The Kier molecular flexibility index (Phi) is 4.64. The summed E-state index contributed by atoms with van der Waals surface area (Å²) in [4.78, 5) is 0. The third-order valence-corrected chi connectivity index (χ3v) is 5.41. The molecule has 0 saturated carbocycles. The monoisotopic (exact) mass is 348 g/mol. The second-order valence-corrected chi connectivity index (χ2v) is 7.52. The molecule has 0 spiro atoms. The van der Waals surface area contributed by atoms with Crippen molar-refractivity contribution in [1.29, 1.82) is 0 Å². The molecular formula is C27H24. The van der Waals surface area contributed by atoms with E-state index in [4.69, 9.17) is 0 Å². The second kappa shape index (κ2) is 7.25. The van der Waals surface area contributed by atoms with Gasteiger partial charge in [-0.05, 0) is 33.4 Å². The summed E-state index contributed by atoms with van der Waals surface area (Å²) >= 11 is 0. The van der Waals surface area contributed by atoms with Crippen LogP contribution in [-0.2, 0) is 5.41 Å². The fraction of sp³-hybridized carbons (Fsp3) is 0.111. The van der Waals surface area contributed by atoms with Crippen molar-refractivity contribution in [1.82, 2.24) is 0 Å². The zero-order valence-corrected chi connectivity index (χ0v) is 15.9. The van der Waals surface area contributed by atoms with E-state index >= 15 is 0 Å². The molecular weight excluding hydrogens is 324 g/mol. The van der Waals surface area contributed by atoms with E-state index in [0.29, 0.717) is 0 Å². The van der Waals surface area contributed by atoms with Crippen LogP contribution >= 0.6 is 0 Å². The van der Waals surface area contributed by atoms with Crippen LogP contribution in [0, 0.1) is 0 Å². The van der Waals surface area contributed by atoms with Crippen molar-refractivity contribution in [2.45, 2.75) is 19.3 Å². The molecule has 0 radical (unpaired) electrons. The quantitative estimate of drug-likeness (QED) is 0.362. The summed E-state index contributed by atoms with van der Waals surface area (Å²) in [6, 6.07) is 39.0. The van der Waals surface area contributed by atoms with Crippen molar-refractivity contribution >= 4 is 0 Å². The highest BCUT2D eigenvalue weighted by Gasteiger charge is 2.23. The van der Waals surface area contributed by atoms with Crippen LogP contribution in [0.1, 0.15) is 25.0 Å². The van der Waals surface area contributed by atoms with Gasteiger partial charge in [-0.25, -0.2) is 0 Å². The minimum absolute atomic E-state index is 0.0555. The fourth-order valence-corrected chi connectivity index (χ4v) is 3.59. The first-order valence-corrected chi connectivity index (χ1v) is 9.46. The smallest absolute Gasteiger partial charge is 0.0146 e. The van der Waals surface area contributed by atoms with Gasteiger partial charge >= 0.3 is 0 Å². The molecule has 132 valence electrons. The Balaban J connectivity index is 1.67. The normalized spacial score (nSPS) is 11.3. The Hall–Kier alpha value is -3.12. The van der Waals surface area contributed by atoms with Gasteiger partial charge in [0.15, 0.2) is 0 Å². The lowest BCUT2D eigenvalue weighted by molar-refractivity contribution is 0.641. The lowest BCUT2D eigenvalue weighted by Gasteiger charge is -2.27. The Labute approximate surface area is 162 Å². The van der Waals surface area contributed by atoms with Gasteiger partial charge in [0.1, 0.15) is 0 Å². The van der Waals surface area contributed by atoms with Crippen LogP contribution in [0.25, 0.3) is 22.3 Å². The summed E-state index contributed by atoms with van der Waals surface area (Å²) in [6.07, 6.45) is 0. The van der Waals surface area contributed by atoms with Crippen LogP contribution in [0.3, 0.4) is 0 Å². The summed E-state index contributed by atoms with van der Waals surface area (Å²) in [5.74, 6) is 0. The Morgan fingerprint density at radius 3 is 1.48 bits per heavy atom. The van der Waals surface area contributed by atoms with Gasteiger partial charge in [0.25, 0.3) is 0 Å². The van der Waals surface area contributed by atoms with Crippen molar-refractivity contribution < 1.29 is 0 Å². The van der Waals surface area contributed by atoms with Gasteiger partial charge < -0.3 is 0 Å². The average molecular weight is 348 g/mol. The molecule has 0 saturated heterocycles. The molecule has 0 amide bonds. The third kappa shape index (κ3) is 3.57. The zero-order chi connectivity index (χ0) is 18.7. The predicted molar refractivity (Wildman–Crippen MR) is 116 cm³/mol. The maximum Gasteiger partial charge on any atom is 0.0146 e. The molecule has 0 nitrogen and oxygen atoms in total. The van der Waals surface area contributed by atoms with Gasteiger partial charge in [-0.1, -0.05) is 123 Å². The first kappa shape index (κ1) is 17.3. The number of rotatable bonds is 4. The van der Waals surface area contributed by atoms with Crippen molar-refractivity contribution in [3.63, 3.8) is 0 Å². The molecule has 0 N–H and O–H groups in total. The largest absolute Gasteiger partial charge is 0.0622 e. The minimum atomic E-state index is -0.0555. The lowest BCUT2D eigenvalue weighted by Crippen LogP contribution is -2.18. The van der Waals surface area contributed by atoms with Gasteiger partial charge in [-0.2, -0.15) is 0 Å². The maximum atomic E-state index is 2.32. The van der Waals surface area contributed by atoms with Crippen molar-refractivity contribution in [3.05, 3.63) is 120 Å². The SMILES string of the molecule is CC(C)(c1ccc(-c2ccccc2)cc1)c1cccc(-c2ccccc2)c1. The Morgan fingerprint density at radius 2 is 0.889 bits per heavy atom. The van der Waals surface area contributed by atoms with E-state index in [1.54, 1.807) is 0 Å². The van der Waals surface area contributed by atoms with Crippen LogP contribution in [0.2, 0.25) is 0 Å². The molecule has 4 aromatic rings. The minimum Gasteiger partial charge on any atom is -0.0622 e. The predicted octanol–water partition coefficient (Wildman–Crippen LogP) is 7.35. The third-order valence-electron chi connectivity index (χ3n) is 5.41. The summed E-state index contributed by atoms with van der Waals surface area (Å²) < 4.78 is 0. The van der Waals surface area contributed by atoms with Crippen molar-refractivity contribution in [2.24, 2.45) is 0 Å². The van der Waals surface area contributed by atoms with E-state index in [9.17, 15) is 0 Å². The topological polar surface area (TPSA) is 0 Å². The first-order valence-electron chi connectivity index (χ1n) is 9.46. The van der Waals surface area contributed by atoms with Gasteiger partial charge in [0, 0.05) is 5.41 Å². The van der Waals surface area contributed by atoms with E-state index in [1.807, 2.05) is 0 Å². The summed E-state index contributed by atoms with van der Waals surface area (Å²) in [7, 11) is 0. The molecule has 0 unspecified atom stereocenters. The highest BCUT2D eigenvalue weighted by Crippen LogP contribution is 2.34. The maximum absolute atomic E-state index is 2.32. The van der Waals surface area contributed by atoms with Gasteiger partial charge in [-0.3, -0.25) is 0 Å². The number of hydrogen-bond acceptors (Lipinski definition) is 0. The molecule has 0 fully saturated rings. The van der Waals surface area contributed by atoms with Gasteiger partial charge in [0.05, 0.1) is 0 Å². The zero-order valence-electron chi connectivity index (χ0n) is 15.9. The molecule has 0 heteroatoms.